The minimum absolute atomic E-state index is 0.0354. The Hall–Kier alpha value is -1.68. The van der Waals surface area contributed by atoms with Gasteiger partial charge in [-0.15, -0.1) is 0 Å². The fourth-order valence-electron chi connectivity index (χ4n) is 4.03. The molecule has 1 aromatic carbocycles. The maximum atomic E-state index is 12.5. The zero-order valence-corrected chi connectivity index (χ0v) is 19.4. The van der Waals surface area contributed by atoms with Gasteiger partial charge in [-0.25, -0.2) is 13.1 Å². The van der Waals surface area contributed by atoms with E-state index in [2.05, 4.69) is 14.9 Å². The number of carbonyl (C=O) groups is 2. The van der Waals surface area contributed by atoms with Gasteiger partial charge in [-0.05, 0) is 62.9 Å². The van der Waals surface area contributed by atoms with Crippen molar-refractivity contribution in [2.24, 2.45) is 11.8 Å². The summed E-state index contributed by atoms with van der Waals surface area (Å²) in [6.07, 6.45) is 2.94. The van der Waals surface area contributed by atoms with Crippen molar-refractivity contribution in [3.63, 3.8) is 0 Å². The topological polar surface area (TPSA) is 98.8 Å². The van der Waals surface area contributed by atoms with Crippen molar-refractivity contribution in [3.05, 3.63) is 29.3 Å². The van der Waals surface area contributed by atoms with Gasteiger partial charge in [0, 0.05) is 43.7 Å². The maximum absolute atomic E-state index is 12.5. The maximum Gasteiger partial charge on any atom is 0.242 e. The molecule has 1 aromatic rings. The first-order valence-electron chi connectivity index (χ1n) is 10.7. The number of piperazine rings is 1. The van der Waals surface area contributed by atoms with Crippen LogP contribution in [0.2, 0.25) is 5.02 Å². The van der Waals surface area contributed by atoms with E-state index in [1.807, 2.05) is 7.05 Å². The van der Waals surface area contributed by atoms with Crippen LogP contribution in [0.1, 0.15) is 25.7 Å². The Kier molecular flexibility index (Phi) is 8.32. The molecule has 2 fully saturated rings. The Morgan fingerprint density at radius 3 is 2.26 bits per heavy atom. The molecule has 1 saturated carbocycles. The third kappa shape index (κ3) is 6.90. The second-order valence-corrected chi connectivity index (χ2v) is 10.6. The summed E-state index contributed by atoms with van der Waals surface area (Å²) >= 11 is 5.81. The molecule has 0 spiro atoms. The molecule has 1 saturated heterocycles. The van der Waals surface area contributed by atoms with Gasteiger partial charge in [-0.2, -0.15) is 0 Å². The van der Waals surface area contributed by atoms with Gasteiger partial charge in [0.25, 0.3) is 0 Å². The Balaban J connectivity index is 1.37. The number of amides is 2. The van der Waals surface area contributed by atoms with Crippen LogP contribution in [0.4, 0.5) is 0 Å². The van der Waals surface area contributed by atoms with Crippen LogP contribution >= 0.6 is 11.6 Å². The third-order valence-electron chi connectivity index (χ3n) is 6.17. The van der Waals surface area contributed by atoms with Crippen LogP contribution in [0.5, 0.6) is 0 Å². The summed E-state index contributed by atoms with van der Waals surface area (Å²) in [4.78, 5) is 28.9. The fourth-order valence-corrected chi connectivity index (χ4v) is 5.27. The average molecular weight is 471 g/mol. The van der Waals surface area contributed by atoms with Gasteiger partial charge in [-0.1, -0.05) is 11.6 Å². The molecule has 3 rings (SSSR count). The molecular weight excluding hydrogens is 440 g/mol. The first-order chi connectivity index (χ1) is 14.7. The second kappa shape index (κ2) is 10.8. The Morgan fingerprint density at radius 2 is 1.65 bits per heavy atom. The van der Waals surface area contributed by atoms with Crippen LogP contribution in [0.3, 0.4) is 0 Å². The van der Waals surface area contributed by atoms with Gasteiger partial charge >= 0.3 is 0 Å². The normalized spacial score (nSPS) is 22.8. The summed E-state index contributed by atoms with van der Waals surface area (Å²) in [5.41, 5.74) is 0. The number of nitrogens with zero attached hydrogens (tertiary/aromatic N) is 2. The molecule has 2 amide bonds. The molecule has 2 aliphatic rings. The molecule has 1 heterocycles. The number of sulfonamides is 1. The second-order valence-electron chi connectivity index (χ2n) is 8.43. The van der Waals surface area contributed by atoms with E-state index in [4.69, 9.17) is 11.6 Å². The summed E-state index contributed by atoms with van der Waals surface area (Å²) in [6.45, 7) is 3.49. The summed E-state index contributed by atoms with van der Waals surface area (Å²) in [5, 5.41) is 3.28. The predicted molar refractivity (Wildman–Crippen MR) is 119 cm³/mol. The number of halogens is 1. The van der Waals surface area contributed by atoms with E-state index in [9.17, 15) is 18.0 Å². The highest BCUT2D eigenvalue weighted by molar-refractivity contribution is 7.89. The van der Waals surface area contributed by atoms with Crippen LogP contribution in [0.25, 0.3) is 0 Å². The number of nitrogens with one attached hydrogen (secondary N) is 2. The van der Waals surface area contributed by atoms with Gasteiger partial charge in [0.2, 0.25) is 21.8 Å². The lowest BCUT2D eigenvalue weighted by molar-refractivity contribution is -0.135. The monoisotopic (exact) mass is 470 g/mol. The Morgan fingerprint density at radius 1 is 1.03 bits per heavy atom. The molecule has 10 heteroatoms. The molecule has 2 N–H and O–H groups in total. The van der Waals surface area contributed by atoms with Gasteiger partial charge in [0.1, 0.15) is 0 Å². The summed E-state index contributed by atoms with van der Waals surface area (Å²) in [7, 11) is -1.54. The van der Waals surface area contributed by atoms with Gasteiger partial charge in [0.05, 0.1) is 11.4 Å². The summed E-state index contributed by atoms with van der Waals surface area (Å²) in [5.74, 6) is -0.0445. The molecule has 172 valence electrons. The highest BCUT2D eigenvalue weighted by Gasteiger charge is 2.28. The molecule has 0 atom stereocenters. The van der Waals surface area contributed by atoms with Gasteiger partial charge in [-0.3, -0.25) is 9.59 Å². The molecule has 31 heavy (non-hydrogen) atoms. The Labute approximate surface area is 189 Å². The van der Waals surface area contributed by atoms with Crippen molar-refractivity contribution >= 4 is 33.4 Å². The lowest BCUT2D eigenvalue weighted by Crippen LogP contribution is -2.50. The molecule has 0 aromatic heterocycles. The van der Waals surface area contributed by atoms with Gasteiger partial charge in [0.15, 0.2) is 0 Å². The molecule has 0 unspecified atom stereocenters. The standard InChI is InChI=1S/C21H31ClN4O4S/c1-25-10-12-26(13-11-25)20(27)15-23-21(28)17-4-2-16(3-5-17)14-24-31(29,30)19-8-6-18(22)7-9-19/h6-9,16-17,24H,2-5,10-15H2,1H3,(H,23,28). The predicted octanol–water partition coefficient (Wildman–Crippen LogP) is 1.31. The SMILES string of the molecule is CN1CCN(C(=O)CNC(=O)C2CCC(CNS(=O)(=O)c3ccc(Cl)cc3)CC2)CC1. The molecule has 1 aliphatic heterocycles. The molecule has 8 nitrogen and oxygen atoms in total. The van der Waals surface area contributed by atoms with Crippen LogP contribution in [0, 0.1) is 11.8 Å². The zero-order chi connectivity index (χ0) is 22.4. The van der Waals surface area contributed by atoms with E-state index in [0.717, 1.165) is 25.9 Å². The highest BCUT2D eigenvalue weighted by Crippen LogP contribution is 2.29. The van der Waals surface area contributed by atoms with E-state index in [-0.39, 0.29) is 35.1 Å². The van der Waals surface area contributed by atoms with E-state index in [1.165, 1.54) is 12.1 Å². The van der Waals surface area contributed by atoms with Crippen molar-refractivity contribution in [2.75, 3.05) is 46.3 Å². The first-order valence-corrected chi connectivity index (χ1v) is 12.6. The van der Waals surface area contributed by atoms with Crippen molar-refractivity contribution in [3.8, 4) is 0 Å². The van der Waals surface area contributed by atoms with Crippen molar-refractivity contribution in [1.82, 2.24) is 19.8 Å². The lowest BCUT2D eigenvalue weighted by atomic mass is 9.81. The van der Waals surface area contributed by atoms with Crippen LogP contribution in [-0.2, 0) is 19.6 Å². The van der Waals surface area contributed by atoms with Crippen LogP contribution in [0.15, 0.2) is 29.2 Å². The highest BCUT2D eigenvalue weighted by atomic mass is 35.5. The minimum Gasteiger partial charge on any atom is -0.347 e. The molecule has 0 radical (unpaired) electrons. The average Bonchev–Trinajstić information content (AvgIpc) is 2.77. The molecule has 1 aliphatic carbocycles. The number of likely N-dealkylation sites (N-methyl/N-ethyl adjacent to an activating group) is 1. The van der Waals surface area contributed by atoms with Crippen LogP contribution < -0.4 is 10.0 Å². The Bertz CT molecular complexity index is 862. The third-order valence-corrected chi connectivity index (χ3v) is 7.86. The van der Waals surface area contributed by atoms with E-state index in [0.29, 0.717) is 37.5 Å². The first kappa shape index (κ1) is 24.0. The number of rotatable bonds is 7. The van der Waals surface area contributed by atoms with E-state index < -0.39 is 10.0 Å². The van der Waals surface area contributed by atoms with E-state index in [1.54, 1.807) is 17.0 Å². The number of hydrogen-bond acceptors (Lipinski definition) is 5. The lowest BCUT2D eigenvalue weighted by Gasteiger charge is -2.32. The van der Waals surface area contributed by atoms with Crippen LogP contribution in [-0.4, -0.2) is 76.3 Å². The zero-order valence-electron chi connectivity index (χ0n) is 17.8. The fraction of sp³-hybridized carbons (Fsp3) is 0.619. The number of carbonyl (C=O) groups excluding carboxylic acids is 2. The largest absolute Gasteiger partial charge is 0.347 e. The van der Waals surface area contributed by atoms with E-state index >= 15 is 0 Å². The quantitative estimate of drug-likeness (QED) is 0.626. The van der Waals surface area contributed by atoms with Crippen molar-refractivity contribution in [2.45, 2.75) is 30.6 Å². The minimum atomic E-state index is -3.57. The molecule has 0 bridgehead atoms. The smallest absolute Gasteiger partial charge is 0.242 e. The summed E-state index contributed by atoms with van der Waals surface area (Å²) < 4.78 is 27.5. The van der Waals surface area contributed by atoms with Gasteiger partial charge < -0.3 is 15.1 Å². The van der Waals surface area contributed by atoms with Crippen molar-refractivity contribution < 1.29 is 18.0 Å². The summed E-state index contributed by atoms with van der Waals surface area (Å²) in [6, 6.07) is 6.06. The molecular formula is C21H31ClN4O4S. The number of benzene rings is 1. The van der Waals surface area contributed by atoms with Crippen molar-refractivity contribution in [1.29, 1.82) is 0 Å². The number of hydrogen-bond donors (Lipinski definition) is 2.